The van der Waals surface area contributed by atoms with Gasteiger partial charge in [-0.3, -0.25) is 0 Å². The van der Waals surface area contributed by atoms with Gasteiger partial charge in [-0.15, -0.1) is 11.3 Å². The number of hydrogen-bond acceptors (Lipinski definition) is 3. The summed E-state index contributed by atoms with van der Waals surface area (Å²) in [5.41, 5.74) is 2.38. The van der Waals surface area contributed by atoms with Gasteiger partial charge in [0.1, 0.15) is 5.75 Å². The first-order chi connectivity index (χ1) is 9.15. The molecule has 1 heterocycles. The van der Waals surface area contributed by atoms with Crippen LogP contribution in [0, 0.1) is 6.92 Å². The van der Waals surface area contributed by atoms with Crippen molar-refractivity contribution in [2.45, 2.75) is 19.4 Å². The van der Waals surface area contributed by atoms with E-state index in [0.717, 1.165) is 22.8 Å². The van der Waals surface area contributed by atoms with Crippen molar-refractivity contribution < 1.29 is 4.74 Å². The molecule has 0 spiro atoms. The maximum atomic E-state index is 6.35. The van der Waals surface area contributed by atoms with Crippen LogP contribution in [-0.4, -0.2) is 14.2 Å². The molecule has 102 valence electrons. The maximum Gasteiger partial charge on any atom is 0.119 e. The van der Waals surface area contributed by atoms with Crippen LogP contribution in [0.2, 0.25) is 5.02 Å². The number of methoxy groups -OCH3 is 1. The fraction of sp³-hybridized carbons (Fsp3) is 0.333. The van der Waals surface area contributed by atoms with Crippen molar-refractivity contribution in [2.24, 2.45) is 0 Å². The lowest BCUT2D eigenvalue weighted by atomic mass is 10.0. The molecule has 4 heteroatoms. The highest BCUT2D eigenvalue weighted by atomic mass is 35.5. The number of benzene rings is 1. The van der Waals surface area contributed by atoms with Gasteiger partial charge in [-0.1, -0.05) is 23.7 Å². The minimum atomic E-state index is 0.235. The molecule has 0 amide bonds. The molecule has 0 bridgehead atoms. The first-order valence-electron chi connectivity index (χ1n) is 6.19. The summed E-state index contributed by atoms with van der Waals surface area (Å²) in [6.07, 6.45) is 0.896. The lowest BCUT2D eigenvalue weighted by Crippen LogP contribution is -2.18. The van der Waals surface area contributed by atoms with Gasteiger partial charge >= 0.3 is 0 Å². The zero-order valence-corrected chi connectivity index (χ0v) is 12.9. The highest BCUT2D eigenvalue weighted by Crippen LogP contribution is 2.34. The molecule has 2 rings (SSSR count). The molecule has 2 nitrogen and oxygen atoms in total. The van der Waals surface area contributed by atoms with E-state index in [9.17, 15) is 0 Å². The fourth-order valence-electron chi connectivity index (χ4n) is 2.05. The maximum absolute atomic E-state index is 6.35. The van der Waals surface area contributed by atoms with Gasteiger partial charge in [0.15, 0.2) is 0 Å². The summed E-state index contributed by atoms with van der Waals surface area (Å²) < 4.78 is 5.26. The van der Waals surface area contributed by atoms with Gasteiger partial charge in [-0.2, -0.15) is 0 Å². The van der Waals surface area contributed by atoms with Crippen molar-refractivity contribution in [3.8, 4) is 5.75 Å². The Hall–Kier alpha value is -1.03. The van der Waals surface area contributed by atoms with Crippen LogP contribution in [0.5, 0.6) is 5.75 Å². The van der Waals surface area contributed by atoms with E-state index in [1.807, 2.05) is 26.1 Å². The summed E-state index contributed by atoms with van der Waals surface area (Å²) in [7, 11) is 3.66. The highest BCUT2D eigenvalue weighted by molar-refractivity contribution is 7.10. The number of ether oxygens (including phenoxy) is 1. The van der Waals surface area contributed by atoms with Crippen molar-refractivity contribution in [1.82, 2.24) is 5.32 Å². The third-order valence-corrected chi connectivity index (χ3v) is 4.99. The first kappa shape index (κ1) is 14.4. The van der Waals surface area contributed by atoms with E-state index >= 15 is 0 Å². The van der Waals surface area contributed by atoms with Gasteiger partial charge in [0.2, 0.25) is 0 Å². The second-order valence-electron chi connectivity index (χ2n) is 4.49. The lowest BCUT2D eigenvalue weighted by Gasteiger charge is -2.16. The van der Waals surface area contributed by atoms with E-state index in [2.05, 4.69) is 22.8 Å². The average molecular weight is 296 g/mol. The molecule has 1 aromatic carbocycles. The van der Waals surface area contributed by atoms with Crippen molar-refractivity contribution >= 4 is 22.9 Å². The number of nitrogens with one attached hydrogen (secondary N) is 1. The quantitative estimate of drug-likeness (QED) is 0.891. The highest BCUT2D eigenvalue weighted by Gasteiger charge is 2.17. The Labute approximate surface area is 123 Å². The molecule has 1 N–H and O–H groups in total. The summed E-state index contributed by atoms with van der Waals surface area (Å²) in [5.74, 6) is 0.890. The third kappa shape index (κ3) is 3.30. The van der Waals surface area contributed by atoms with Crippen LogP contribution >= 0.6 is 22.9 Å². The number of halogens is 1. The van der Waals surface area contributed by atoms with Gasteiger partial charge in [0.25, 0.3) is 0 Å². The number of thiophene rings is 1. The summed E-state index contributed by atoms with van der Waals surface area (Å²) >= 11 is 8.07. The van der Waals surface area contributed by atoms with Crippen LogP contribution in [0.3, 0.4) is 0 Å². The molecular formula is C15H18ClNOS. The first-order valence-corrected chi connectivity index (χ1v) is 7.45. The van der Waals surface area contributed by atoms with E-state index in [0.29, 0.717) is 0 Å². The van der Waals surface area contributed by atoms with E-state index in [1.165, 1.54) is 10.4 Å². The molecule has 1 unspecified atom stereocenters. The summed E-state index contributed by atoms with van der Waals surface area (Å²) in [6, 6.07) is 8.39. The van der Waals surface area contributed by atoms with Crippen molar-refractivity contribution in [3.63, 3.8) is 0 Å². The zero-order valence-electron chi connectivity index (χ0n) is 11.4. The van der Waals surface area contributed by atoms with Crippen LogP contribution in [0.25, 0.3) is 0 Å². The Morgan fingerprint density at radius 1 is 1.42 bits per heavy atom. The summed E-state index contributed by atoms with van der Waals surface area (Å²) in [5, 5.41) is 6.33. The lowest BCUT2D eigenvalue weighted by molar-refractivity contribution is 0.414. The van der Waals surface area contributed by atoms with Crippen LogP contribution in [-0.2, 0) is 6.42 Å². The van der Waals surface area contributed by atoms with E-state index in [4.69, 9.17) is 16.3 Å². The van der Waals surface area contributed by atoms with Crippen LogP contribution in [0.1, 0.15) is 22.0 Å². The Morgan fingerprint density at radius 3 is 2.79 bits per heavy atom. The monoisotopic (exact) mass is 295 g/mol. The van der Waals surface area contributed by atoms with Gasteiger partial charge in [-0.05, 0) is 49.0 Å². The molecule has 2 aromatic rings. The second kappa shape index (κ2) is 6.42. The van der Waals surface area contributed by atoms with Crippen molar-refractivity contribution in [1.29, 1.82) is 0 Å². The van der Waals surface area contributed by atoms with E-state index in [-0.39, 0.29) is 6.04 Å². The SMILES string of the molecule is CNC(Cc1cccc(OC)c1)c1scc(C)c1Cl. The van der Waals surface area contributed by atoms with E-state index in [1.54, 1.807) is 18.4 Å². The Balaban J connectivity index is 2.21. The average Bonchev–Trinajstić information content (AvgIpc) is 2.77. The van der Waals surface area contributed by atoms with Crippen LogP contribution in [0.4, 0.5) is 0 Å². The normalized spacial score (nSPS) is 12.4. The molecule has 0 aliphatic rings. The molecule has 0 aliphatic carbocycles. The molecule has 0 fully saturated rings. The second-order valence-corrected chi connectivity index (χ2v) is 5.78. The van der Waals surface area contributed by atoms with Crippen LogP contribution < -0.4 is 10.1 Å². The molecule has 0 aliphatic heterocycles. The Bertz CT molecular complexity index is 553. The number of hydrogen-bond donors (Lipinski definition) is 1. The Morgan fingerprint density at radius 2 is 2.21 bits per heavy atom. The molecule has 1 atom stereocenters. The largest absolute Gasteiger partial charge is 0.497 e. The minimum Gasteiger partial charge on any atom is -0.497 e. The minimum absolute atomic E-state index is 0.235. The number of aryl methyl sites for hydroxylation is 1. The predicted octanol–water partition coefficient (Wildman–Crippen LogP) is 4.22. The molecule has 0 saturated heterocycles. The number of likely N-dealkylation sites (N-methyl/N-ethyl adjacent to an activating group) is 1. The molecular weight excluding hydrogens is 278 g/mol. The van der Waals surface area contributed by atoms with Gasteiger partial charge in [0.05, 0.1) is 12.1 Å². The molecule has 19 heavy (non-hydrogen) atoms. The van der Waals surface area contributed by atoms with Crippen LogP contribution in [0.15, 0.2) is 29.6 Å². The van der Waals surface area contributed by atoms with E-state index < -0.39 is 0 Å². The predicted molar refractivity (Wildman–Crippen MR) is 82.6 cm³/mol. The molecule has 0 radical (unpaired) electrons. The zero-order chi connectivity index (χ0) is 13.8. The number of rotatable bonds is 5. The van der Waals surface area contributed by atoms with Gasteiger partial charge in [-0.25, -0.2) is 0 Å². The summed E-state index contributed by atoms with van der Waals surface area (Å²) in [4.78, 5) is 1.20. The van der Waals surface area contributed by atoms with Crippen molar-refractivity contribution in [2.75, 3.05) is 14.2 Å². The van der Waals surface area contributed by atoms with Crippen molar-refractivity contribution in [3.05, 3.63) is 50.7 Å². The van der Waals surface area contributed by atoms with Gasteiger partial charge in [0, 0.05) is 10.9 Å². The Kier molecular flexibility index (Phi) is 4.86. The molecule has 1 aromatic heterocycles. The summed E-state index contributed by atoms with van der Waals surface area (Å²) in [6.45, 7) is 2.04. The standard InChI is InChI=1S/C15H18ClNOS/c1-10-9-19-15(14(10)16)13(17-2)8-11-5-4-6-12(7-11)18-3/h4-7,9,13,17H,8H2,1-3H3. The topological polar surface area (TPSA) is 21.3 Å². The smallest absolute Gasteiger partial charge is 0.119 e. The third-order valence-electron chi connectivity index (χ3n) is 3.16. The van der Waals surface area contributed by atoms with Gasteiger partial charge < -0.3 is 10.1 Å². The molecule has 0 saturated carbocycles. The fourth-order valence-corrected chi connectivity index (χ4v) is 3.48.